The van der Waals surface area contributed by atoms with Gasteiger partial charge in [-0.3, -0.25) is 0 Å². The summed E-state index contributed by atoms with van der Waals surface area (Å²) in [5.74, 6) is 1.37. The van der Waals surface area contributed by atoms with Crippen LogP contribution in [0.5, 0.6) is 11.5 Å². The normalized spacial score (nSPS) is 20.6. The Labute approximate surface area is 136 Å². The van der Waals surface area contributed by atoms with E-state index < -0.39 is 6.10 Å². The Morgan fingerprint density at radius 2 is 2.05 bits per heavy atom. The third-order valence-electron chi connectivity index (χ3n) is 3.59. The third kappa shape index (κ3) is 2.89. The van der Waals surface area contributed by atoms with Crippen molar-refractivity contribution in [2.45, 2.75) is 18.6 Å². The lowest BCUT2D eigenvalue weighted by Crippen LogP contribution is -2.19. The number of aliphatic hydroxyl groups is 1. The van der Waals surface area contributed by atoms with Crippen LogP contribution in [-0.2, 0) is 0 Å². The van der Waals surface area contributed by atoms with Crippen LogP contribution < -0.4 is 9.47 Å². The number of halogens is 2. The molecule has 1 aliphatic rings. The number of aliphatic hydroxyl groups excluding tert-OH is 1. The van der Waals surface area contributed by atoms with E-state index in [1.807, 2.05) is 30.3 Å². The molecule has 0 fully saturated rings. The Morgan fingerprint density at radius 1 is 1.24 bits per heavy atom. The number of rotatable bonds is 2. The number of fused-ring (bicyclic) bond motifs is 1. The van der Waals surface area contributed by atoms with Crippen LogP contribution in [-0.4, -0.2) is 12.2 Å². The molecule has 1 heterocycles. The van der Waals surface area contributed by atoms with Crippen molar-refractivity contribution in [2.24, 2.45) is 0 Å². The zero-order chi connectivity index (χ0) is 15.0. The van der Waals surface area contributed by atoms with Crippen LogP contribution in [0.2, 0.25) is 5.02 Å². The molecule has 0 aromatic heterocycles. The molecule has 0 amide bonds. The Kier molecular flexibility index (Phi) is 4.11. The van der Waals surface area contributed by atoms with Gasteiger partial charge in [-0.15, -0.1) is 0 Å². The molecular weight excluding hydrogens is 356 g/mol. The van der Waals surface area contributed by atoms with E-state index in [2.05, 4.69) is 15.9 Å². The van der Waals surface area contributed by atoms with E-state index in [9.17, 15) is 5.11 Å². The summed E-state index contributed by atoms with van der Waals surface area (Å²) >= 11 is 9.66. The zero-order valence-corrected chi connectivity index (χ0v) is 13.7. The molecule has 0 aliphatic carbocycles. The number of hydrogen-bond acceptors (Lipinski definition) is 3. The summed E-state index contributed by atoms with van der Waals surface area (Å²) in [6.45, 7) is 0. The van der Waals surface area contributed by atoms with Crippen molar-refractivity contribution in [2.75, 3.05) is 7.11 Å². The van der Waals surface area contributed by atoms with Crippen molar-refractivity contribution in [1.29, 1.82) is 0 Å². The Hall–Kier alpha value is -1.23. The third-order valence-corrected chi connectivity index (χ3v) is 4.41. The average Bonchev–Trinajstić information content (AvgIpc) is 2.47. The molecule has 1 N–H and O–H groups in total. The molecule has 21 heavy (non-hydrogen) atoms. The molecule has 5 heteroatoms. The topological polar surface area (TPSA) is 38.7 Å². The number of hydrogen-bond donors (Lipinski definition) is 1. The number of ether oxygens (including phenoxy) is 2. The summed E-state index contributed by atoms with van der Waals surface area (Å²) in [7, 11) is 1.60. The first-order valence-corrected chi connectivity index (χ1v) is 7.73. The van der Waals surface area contributed by atoms with Gasteiger partial charge in [-0.1, -0.05) is 33.6 Å². The lowest BCUT2D eigenvalue weighted by molar-refractivity contribution is 0.0655. The molecule has 110 valence electrons. The molecule has 0 bridgehead atoms. The molecule has 0 radical (unpaired) electrons. The number of methoxy groups -OCH3 is 1. The van der Waals surface area contributed by atoms with Gasteiger partial charge >= 0.3 is 0 Å². The predicted molar refractivity (Wildman–Crippen MR) is 85.1 cm³/mol. The van der Waals surface area contributed by atoms with Crippen LogP contribution in [0.4, 0.5) is 0 Å². The molecule has 0 saturated heterocycles. The van der Waals surface area contributed by atoms with Crippen LogP contribution in [0, 0.1) is 0 Å². The van der Waals surface area contributed by atoms with Gasteiger partial charge in [-0.25, -0.2) is 0 Å². The van der Waals surface area contributed by atoms with Crippen LogP contribution in [0.25, 0.3) is 0 Å². The van der Waals surface area contributed by atoms with Gasteiger partial charge in [0, 0.05) is 27.0 Å². The van der Waals surface area contributed by atoms with Crippen LogP contribution in [0.1, 0.15) is 29.8 Å². The summed E-state index contributed by atoms with van der Waals surface area (Å²) in [5.41, 5.74) is 1.62. The maximum absolute atomic E-state index is 10.4. The summed E-state index contributed by atoms with van der Waals surface area (Å²) in [6, 6.07) is 11.1. The molecular formula is C16H14BrClO3. The van der Waals surface area contributed by atoms with Gasteiger partial charge in [0.25, 0.3) is 0 Å². The van der Waals surface area contributed by atoms with E-state index in [1.165, 1.54) is 0 Å². The maximum Gasteiger partial charge on any atom is 0.128 e. The molecule has 0 saturated carbocycles. The molecule has 2 atom stereocenters. The largest absolute Gasteiger partial charge is 0.497 e. The average molecular weight is 370 g/mol. The SMILES string of the molecule is COc1ccc2c(c1)C(O)CC(c1ccc(Br)cc1Cl)O2. The van der Waals surface area contributed by atoms with Gasteiger partial charge in [0.05, 0.1) is 13.2 Å². The van der Waals surface area contributed by atoms with Crippen LogP contribution >= 0.6 is 27.5 Å². The first-order chi connectivity index (χ1) is 10.1. The Balaban J connectivity index is 1.94. The molecule has 1 aliphatic heterocycles. The molecule has 0 spiro atoms. The number of benzene rings is 2. The minimum Gasteiger partial charge on any atom is -0.497 e. The highest BCUT2D eigenvalue weighted by atomic mass is 79.9. The Morgan fingerprint density at radius 3 is 2.76 bits per heavy atom. The van der Waals surface area contributed by atoms with Gasteiger partial charge in [0.1, 0.15) is 17.6 Å². The van der Waals surface area contributed by atoms with Crippen molar-refractivity contribution in [3.8, 4) is 11.5 Å². The van der Waals surface area contributed by atoms with E-state index in [1.54, 1.807) is 13.2 Å². The van der Waals surface area contributed by atoms with Gasteiger partial charge < -0.3 is 14.6 Å². The van der Waals surface area contributed by atoms with Crippen molar-refractivity contribution in [1.82, 2.24) is 0 Å². The van der Waals surface area contributed by atoms with E-state index in [0.29, 0.717) is 22.9 Å². The highest BCUT2D eigenvalue weighted by Crippen LogP contribution is 2.43. The minimum absolute atomic E-state index is 0.263. The first-order valence-electron chi connectivity index (χ1n) is 6.56. The second-order valence-electron chi connectivity index (χ2n) is 4.93. The van der Waals surface area contributed by atoms with Crippen molar-refractivity contribution in [3.63, 3.8) is 0 Å². The van der Waals surface area contributed by atoms with Crippen LogP contribution in [0.3, 0.4) is 0 Å². The van der Waals surface area contributed by atoms with Crippen molar-refractivity contribution in [3.05, 3.63) is 57.0 Å². The summed E-state index contributed by atoms with van der Waals surface area (Å²) in [4.78, 5) is 0. The summed E-state index contributed by atoms with van der Waals surface area (Å²) < 4.78 is 12.1. The van der Waals surface area contributed by atoms with E-state index in [0.717, 1.165) is 15.6 Å². The monoisotopic (exact) mass is 368 g/mol. The fourth-order valence-electron chi connectivity index (χ4n) is 2.51. The van der Waals surface area contributed by atoms with E-state index in [-0.39, 0.29) is 6.10 Å². The first kappa shape index (κ1) is 14.7. The predicted octanol–water partition coefficient (Wildman–Crippen LogP) is 4.67. The highest BCUT2D eigenvalue weighted by Gasteiger charge is 2.29. The van der Waals surface area contributed by atoms with Crippen molar-refractivity contribution >= 4 is 27.5 Å². The quantitative estimate of drug-likeness (QED) is 0.836. The summed E-state index contributed by atoms with van der Waals surface area (Å²) in [5, 5.41) is 11.0. The summed E-state index contributed by atoms with van der Waals surface area (Å²) in [6.07, 6.45) is -0.406. The molecule has 2 unspecified atom stereocenters. The molecule has 3 rings (SSSR count). The van der Waals surface area contributed by atoms with Gasteiger partial charge in [0.2, 0.25) is 0 Å². The second kappa shape index (κ2) is 5.87. The lowest BCUT2D eigenvalue weighted by atomic mass is 9.95. The fourth-order valence-corrected chi connectivity index (χ4v) is 3.30. The lowest BCUT2D eigenvalue weighted by Gasteiger charge is -2.30. The molecule has 2 aromatic carbocycles. The van der Waals surface area contributed by atoms with Crippen LogP contribution in [0.15, 0.2) is 40.9 Å². The van der Waals surface area contributed by atoms with Gasteiger partial charge in [-0.2, -0.15) is 0 Å². The maximum atomic E-state index is 10.4. The fraction of sp³-hybridized carbons (Fsp3) is 0.250. The van der Waals surface area contributed by atoms with Gasteiger partial charge in [-0.05, 0) is 30.3 Å². The Bertz CT molecular complexity index is 675. The van der Waals surface area contributed by atoms with Crippen molar-refractivity contribution < 1.29 is 14.6 Å². The zero-order valence-electron chi connectivity index (χ0n) is 11.3. The smallest absolute Gasteiger partial charge is 0.128 e. The second-order valence-corrected chi connectivity index (χ2v) is 6.25. The van der Waals surface area contributed by atoms with E-state index >= 15 is 0 Å². The van der Waals surface area contributed by atoms with Gasteiger partial charge in [0.15, 0.2) is 0 Å². The van der Waals surface area contributed by atoms with E-state index in [4.69, 9.17) is 21.1 Å². The molecule has 3 nitrogen and oxygen atoms in total. The highest BCUT2D eigenvalue weighted by molar-refractivity contribution is 9.10. The molecule has 2 aromatic rings. The minimum atomic E-state index is -0.603. The standard InChI is InChI=1S/C16H14BrClO3/c1-20-10-3-5-15-12(7-10)14(19)8-16(21-15)11-4-2-9(17)6-13(11)18/h2-7,14,16,19H,8H2,1H3.